The van der Waals surface area contributed by atoms with Crippen molar-refractivity contribution in [3.05, 3.63) is 28.8 Å². The first-order valence-electron chi connectivity index (χ1n) is 12.1. The molecule has 1 saturated heterocycles. The predicted octanol–water partition coefficient (Wildman–Crippen LogP) is 4.06. The third kappa shape index (κ3) is 4.17. The minimum atomic E-state index is -3.91. The zero-order chi connectivity index (χ0) is 23.4. The molecule has 1 aromatic rings. The molecule has 0 bridgehead atoms. The smallest absolute Gasteiger partial charge is 0.122 e. The number of aryl methyl sites for hydroxylation is 1. The minimum absolute atomic E-state index is 0.0538. The van der Waals surface area contributed by atoms with E-state index >= 15 is 0 Å². The van der Waals surface area contributed by atoms with Gasteiger partial charge in [-0.3, -0.25) is 9.29 Å². The van der Waals surface area contributed by atoms with Gasteiger partial charge >= 0.3 is 0 Å². The average molecular weight is 356 g/mol. The second-order valence-electron chi connectivity index (χ2n) is 7.69. The highest BCUT2D eigenvalue weighted by Gasteiger charge is 2.38. The molecule has 3 atom stereocenters. The molecule has 0 radical (unpaired) electrons. The molecule has 1 aromatic carbocycles. The Balaban J connectivity index is 1.85. The lowest BCUT2D eigenvalue weighted by molar-refractivity contribution is -0.0191. The Morgan fingerprint density at radius 2 is 2.24 bits per heavy atom. The molecular formula is C21H32FNO2. The Morgan fingerprint density at radius 3 is 2.96 bits per heavy atom. The number of hydrogen-bond donors (Lipinski definition) is 1. The van der Waals surface area contributed by atoms with Gasteiger partial charge in [0.2, 0.25) is 0 Å². The lowest BCUT2D eigenvalue weighted by Crippen LogP contribution is -2.48. The molecule has 0 amide bonds. The summed E-state index contributed by atoms with van der Waals surface area (Å²) in [5, 5.41) is 10.7. The second-order valence-corrected chi connectivity index (χ2v) is 7.69. The fourth-order valence-electron chi connectivity index (χ4n) is 4.28. The number of benzene rings is 1. The molecule has 2 aliphatic heterocycles. The molecule has 3 rings (SSSR count). The number of halogens is 1. The molecule has 0 unspecified atom stereocenters. The van der Waals surface area contributed by atoms with E-state index in [-0.39, 0.29) is 23.8 Å². The number of rotatable bonds is 6. The van der Waals surface area contributed by atoms with E-state index in [1.807, 2.05) is 6.07 Å². The van der Waals surface area contributed by atoms with Crippen LogP contribution in [0.4, 0.5) is 4.39 Å². The molecule has 1 N–H and O–H groups in total. The van der Waals surface area contributed by atoms with Gasteiger partial charge in [0.25, 0.3) is 0 Å². The van der Waals surface area contributed by atoms with Crippen molar-refractivity contribution in [2.24, 2.45) is 11.8 Å². The Bertz CT molecular complexity index is 814. The van der Waals surface area contributed by atoms with Gasteiger partial charge < -0.3 is 9.84 Å². The number of piperidine rings is 1. The summed E-state index contributed by atoms with van der Waals surface area (Å²) in [5.74, 6) is 0.827. The molecule has 0 aliphatic carbocycles. The molecule has 0 aromatic heterocycles. The van der Waals surface area contributed by atoms with Crippen molar-refractivity contribution in [3.63, 3.8) is 0 Å². The summed E-state index contributed by atoms with van der Waals surface area (Å²) < 4.78 is 63.8. The zero-order valence-corrected chi connectivity index (χ0v) is 15.2. The van der Waals surface area contributed by atoms with Crippen molar-refractivity contribution in [3.8, 4) is 5.75 Å². The summed E-state index contributed by atoms with van der Waals surface area (Å²) in [6.07, 6.45) is -1.60. The summed E-state index contributed by atoms with van der Waals surface area (Å²) in [7, 11) is 0. The monoisotopic (exact) mass is 355 g/mol. The molecule has 2 aliphatic rings. The maximum absolute atomic E-state index is 13.7. The van der Waals surface area contributed by atoms with Gasteiger partial charge in [0.1, 0.15) is 5.75 Å². The number of hydrogen-bond acceptors (Lipinski definition) is 3. The number of nitrogens with zero attached hydrogens (tertiary/aromatic N) is 1. The van der Waals surface area contributed by atoms with E-state index in [0.717, 1.165) is 30.6 Å². The summed E-state index contributed by atoms with van der Waals surface area (Å²) in [5.41, 5.74) is 2.53. The van der Waals surface area contributed by atoms with Crippen LogP contribution in [0.2, 0.25) is 0 Å². The fraction of sp³-hybridized carbons (Fsp3) is 0.714. The number of alkyl halides is 1. The van der Waals surface area contributed by atoms with Crippen LogP contribution in [-0.2, 0) is 6.42 Å². The lowest BCUT2D eigenvalue weighted by Gasteiger charge is -2.46. The van der Waals surface area contributed by atoms with E-state index in [1.165, 1.54) is 0 Å². The lowest BCUT2D eigenvalue weighted by atomic mass is 9.79. The van der Waals surface area contributed by atoms with Crippen LogP contribution in [0.25, 0.3) is 0 Å². The van der Waals surface area contributed by atoms with Gasteiger partial charge in [-0.25, -0.2) is 0 Å². The van der Waals surface area contributed by atoms with Crippen LogP contribution in [0.15, 0.2) is 12.1 Å². The predicted molar refractivity (Wildman–Crippen MR) is 98.9 cm³/mol. The van der Waals surface area contributed by atoms with Gasteiger partial charge in [-0.05, 0) is 60.8 Å². The van der Waals surface area contributed by atoms with E-state index in [2.05, 4.69) is 18.7 Å². The largest absolute Gasteiger partial charge is 0.493 e. The Morgan fingerprint density at radius 1 is 1.44 bits per heavy atom. The van der Waals surface area contributed by atoms with Crippen LogP contribution in [0.5, 0.6) is 5.75 Å². The van der Waals surface area contributed by atoms with E-state index in [9.17, 15) is 9.50 Å². The van der Waals surface area contributed by atoms with E-state index in [4.69, 9.17) is 13.0 Å². The molecule has 0 saturated carbocycles. The highest BCUT2D eigenvalue weighted by Crippen LogP contribution is 2.41. The molecule has 140 valence electrons. The molecule has 2 heterocycles. The average Bonchev–Trinajstić information content (AvgIpc) is 2.62. The van der Waals surface area contributed by atoms with Crippen LogP contribution in [0.1, 0.15) is 64.0 Å². The van der Waals surface area contributed by atoms with Gasteiger partial charge in [-0.2, -0.15) is 0 Å². The zero-order valence-electron chi connectivity index (χ0n) is 21.2. The minimum Gasteiger partial charge on any atom is -0.493 e. The van der Waals surface area contributed by atoms with Gasteiger partial charge in [0.15, 0.2) is 0 Å². The van der Waals surface area contributed by atoms with Crippen LogP contribution in [0.3, 0.4) is 0 Å². The van der Waals surface area contributed by atoms with Crippen molar-refractivity contribution < 1.29 is 22.5 Å². The van der Waals surface area contributed by atoms with Crippen LogP contribution < -0.4 is 4.74 Å². The second kappa shape index (κ2) is 8.05. The molecule has 4 heteroatoms. The molecule has 25 heavy (non-hydrogen) atoms. The molecule has 3 nitrogen and oxygen atoms in total. The summed E-state index contributed by atoms with van der Waals surface area (Å²) >= 11 is 0. The van der Waals surface area contributed by atoms with E-state index in [0.29, 0.717) is 24.3 Å². The fourth-order valence-corrected chi connectivity index (χ4v) is 4.28. The summed E-state index contributed by atoms with van der Waals surface area (Å²) in [4.78, 5) is 2.39. The molecule has 0 spiro atoms. The SMILES string of the molecule is [2H]C([2H])(F)C([2H])([2H])C([2H])([2H])Oc1cc2c(cc1C)[C@H]1C[C@@H](O)[C@H](CC(C)C)CN1CC2. The first-order valence-corrected chi connectivity index (χ1v) is 9.07. The summed E-state index contributed by atoms with van der Waals surface area (Å²) in [6.45, 7) is 0.512. The third-order valence-electron chi connectivity index (χ3n) is 5.42. The van der Waals surface area contributed by atoms with Crippen molar-refractivity contribution in [1.29, 1.82) is 0 Å². The highest BCUT2D eigenvalue weighted by atomic mass is 19.1. The first-order chi connectivity index (χ1) is 14.1. The van der Waals surface area contributed by atoms with Crippen LogP contribution in [0, 0.1) is 18.8 Å². The maximum Gasteiger partial charge on any atom is 0.122 e. The van der Waals surface area contributed by atoms with Gasteiger partial charge in [0, 0.05) is 28.2 Å². The van der Waals surface area contributed by atoms with Gasteiger partial charge in [-0.15, -0.1) is 0 Å². The van der Waals surface area contributed by atoms with Gasteiger partial charge in [0.05, 0.1) is 24.8 Å². The summed E-state index contributed by atoms with van der Waals surface area (Å²) in [6, 6.07) is 3.57. The maximum atomic E-state index is 13.7. The Kier molecular flexibility index (Phi) is 3.96. The Labute approximate surface area is 159 Å². The highest BCUT2D eigenvalue weighted by molar-refractivity contribution is 5.45. The van der Waals surface area contributed by atoms with E-state index < -0.39 is 19.6 Å². The number of ether oxygens (including phenoxy) is 1. The van der Waals surface area contributed by atoms with Crippen molar-refractivity contribution in [1.82, 2.24) is 4.90 Å². The quantitative estimate of drug-likeness (QED) is 0.835. The van der Waals surface area contributed by atoms with E-state index in [1.54, 1.807) is 13.0 Å². The Hall–Kier alpha value is -1.13. The number of aliphatic hydroxyl groups is 1. The van der Waals surface area contributed by atoms with Crippen molar-refractivity contribution in [2.45, 2.75) is 58.6 Å². The number of aliphatic hydroxyl groups excluding tert-OH is 1. The first kappa shape index (κ1) is 12.3. The van der Waals surface area contributed by atoms with Gasteiger partial charge in [-0.1, -0.05) is 19.9 Å². The normalized spacial score (nSPS) is 31.7. The molecule has 1 fully saturated rings. The van der Waals surface area contributed by atoms with Crippen molar-refractivity contribution >= 4 is 0 Å². The standard InChI is InChI=1S/C21H32FNO2/c1-14(2)9-17-13-23-7-5-16-11-21(25-8-4-6-22)15(3)10-18(16)19(23)12-20(17)24/h10-11,14,17,19-20,24H,4-9,12-13H2,1-3H3/t17-,19-,20-/m1/s1/i4D2,6D2,8D2. The topological polar surface area (TPSA) is 32.7 Å². The van der Waals surface area contributed by atoms with Crippen LogP contribution in [-0.4, -0.2) is 42.4 Å². The molecular weight excluding hydrogens is 317 g/mol. The number of fused-ring (bicyclic) bond motifs is 3. The van der Waals surface area contributed by atoms with Crippen molar-refractivity contribution in [2.75, 3.05) is 26.3 Å². The van der Waals surface area contributed by atoms with Crippen LogP contribution >= 0.6 is 0 Å². The third-order valence-corrected chi connectivity index (χ3v) is 5.42.